The molecule has 0 saturated carbocycles. The summed E-state index contributed by atoms with van der Waals surface area (Å²) in [4.78, 5) is 15.8. The van der Waals surface area contributed by atoms with Crippen LogP contribution in [-0.2, 0) is 4.79 Å². The second-order valence-electron chi connectivity index (χ2n) is 4.14. The number of hydrogen-bond acceptors (Lipinski definition) is 5. The molecule has 1 aromatic heterocycles. The normalized spacial score (nSPS) is 10.0. The number of nitrogens with two attached hydrogens (primary N) is 1. The van der Waals surface area contributed by atoms with Gasteiger partial charge in [-0.25, -0.2) is 0 Å². The Bertz CT molecular complexity index is 649. The fraction of sp³-hybridized carbons (Fsp3) is 0.143. The summed E-state index contributed by atoms with van der Waals surface area (Å²) in [5.74, 6) is 0.708. The topological polar surface area (TPSA) is 86.5 Å². The maximum atomic E-state index is 11.9. The van der Waals surface area contributed by atoms with Gasteiger partial charge in [0.15, 0.2) is 6.61 Å². The van der Waals surface area contributed by atoms with Gasteiger partial charge in [0, 0.05) is 16.4 Å². The van der Waals surface area contributed by atoms with Crippen LogP contribution in [0.15, 0.2) is 41.1 Å². The molecule has 0 bridgehead atoms. The predicted octanol–water partition coefficient (Wildman–Crippen LogP) is 2.45. The lowest BCUT2D eigenvalue weighted by molar-refractivity contribution is -0.118. The number of hydrogen-bond donors (Lipinski definition) is 2. The first-order valence-electron chi connectivity index (χ1n) is 6.05. The van der Waals surface area contributed by atoms with E-state index >= 15 is 0 Å². The molecule has 0 fully saturated rings. The highest BCUT2D eigenvalue weighted by molar-refractivity contribution is 9.10. The van der Waals surface area contributed by atoms with Crippen molar-refractivity contribution in [1.82, 2.24) is 4.98 Å². The number of benzene rings is 1. The van der Waals surface area contributed by atoms with Gasteiger partial charge in [-0.05, 0) is 40.2 Å². The molecule has 0 atom stereocenters. The average Bonchev–Trinajstić information content (AvgIpc) is 2.45. The zero-order valence-corrected chi connectivity index (χ0v) is 12.9. The summed E-state index contributed by atoms with van der Waals surface area (Å²) in [5.41, 5.74) is 6.72. The van der Waals surface area contributed by atoms with E-state index in [0.29, 0.717) is 22.9 Å². The lowest BCUT2D eigenvalue weighted by atomic mass is 10.2. The van der Waals surface area contributed by atoms with Crippen LogP contribution in [0.25, 0.3) is 0 Å². The molecule has 1 heterocycles. The molecule has 3 N–H and O–H groups in total. The fourth-order valence-electron chi connectivity index (χ4n) is 1.63. The van der Waals surface area contributed by atoms with Gasteiger partial charge in [0.2, 0.25) is 0 Å². The minimum absolute atomic E-state index is 0.143. The van der Waals surface area contributed by atoms with E-state index in [2.05, 4.69) is 26.2 Å². The number of nitrogen functional groups attached to an aromatic ring is 1. The maximum Gasteiger partial charge on any atom is 0.262 e. The Balaban J connectivity index is 1.97. The Morgan fingerprint density at radius 3 is 2.90 bits per heavy atom. The van der Waals surface area contributed by atoms with Gasteiger partial charge in [-0.15, -0.1) is 0 Å². The van der Waals surface area contributed by atoms with Crippen molar-refractivity contribution in [2.45, 2.75) is 0 Å². The van der Waals surface area contributed by atoms with E-state index in [9.17, 15) is 4.79 Å². The monoisotopic (exact) mass is 351 g/mol. The minimum atomic E-state index is -0.320. The van der Waals surface area contributed by atoms with E-state index in [1.807, 2.05) is 0 Å². The van der Waals surface area contributed by atoms with Gasteiger partial charge in [-0.2, -0.15) is 0 Å². The van der Waals surface area contributed by atoms with Crippen LogP contribution in [0, 0.1) is 0 Å². The summed E-state index contributed by atoms with van der Waals surface area (Å²) in [6.07, 6.45) is 3.16. The van der Waals surface area contributed by atoms with Crippen LogP contribution in [0.1, 0.15) is 0 Å². The number of carbonyl (C=O) groups is 1. The quantitative estimate of drug-likeness (QED) is 0.808. The number of nitrogens with zero attached hydrogens (tertiary/aromatic N) is 1. The number of methoxy groups -OCH3 is 1. The Labute approximate surface area is 130 Å². The molecule has 0 aliphatic carbocycles. The van der Waals surface area contributed by atoms with Gasteiger partial charge in [-0.3, -0.25) is 9.78 Å². The number of amides is 1. The van der Waals surface area contributed by atoms with Crippen LogP contribution in [0.3, 0.4) is 0 Å². The van der Waals surface area contributed by atoms with E-state index < -0.39 is 0 Å². The summed E-state index contributed by atoms with van der Waals surface area (Å²) in [6.45, 7) is -0.143. The number of nitrogens with one attached hydrogen (secondary N) is 1. The van der Waals surface area contributed by atoms with Crippen LogP contribution < -0.4 is 20.5 Å². The summed E-state index contributed by atoms with van der Waals surface area (Å²) in [5, 5.41) is 2.69. The molecule has 1 amide bonds. The third-order valence-corrected chi connectivity index (χ3v) is 2.98. The Kier molecular flexibility index (Phi) is 4.99. The van der Waals surface area contributed by atoms with Crippen LogP contribution >= 0.6 is 15.9 Å². The molecule has 0 aliphatic heterocycles. The van der Waals surface area contributed by atoms with Crippen molar-refractivity contribution in [2.75, 3.05) is 24.8 Å². The van der Waals surface area contributed by atoms with Crippen LogP contribution in [0.2, 0.25) is 0 Å². The van der Waals surface area contributed by atoms with E-state index in [1.54, 1.807) is 30.5 Å². The van der Waals surface area contributed by atoms with Crippen molar-refractivity contribution < 1.29 is 14.3 Å². The van der Waals surface area contributed by atoms with E-state index in [4.69, 9.17) is 15.2 Å². The van der Waals surface area contributed by atoms with Crippen LogP contribution in [0.5, 0.6) is 11.5 Å². The first kappa shape index (κ1) is 15.1. The Morgan fingerprint density at radius 1 is 1.38 bits per heavy atom. The number of anilines is 2. The molecule has 0 aliphatic rings. The molecule has 0 radical (unpaired) electrons. The highest BCUT2D eigenvalue weighted by Crippen LogP contribution is 2.26. The molecule has 0 spiro atoms. The zero-order chi connectivity index (χ0) is 15.2. The van der Waals surface area contributed by atoms with E-state index in [-0.39, 0.29) is 12.5 Å². The van der Waals surface area contributed by atoms with Crippen molar-refractivity contribution >= 4 is 33.2 Å². The molecular weight excluding hydrogens is 338 g/mol. The molecule has 1 aromatic carbocycles. The van der Waals surface area contributed by atoms with Crippen molar-refractivity contribution in [3.05, 3.63) is 41.1 Å². The van der Waals surface area contributed by atoms with Crippen LogP contribution in [0.4, 0.5) is 11.4 Å². The number of pyridine rings is 1. The minimum Gasteiger partial charge on any atom is -0.495 e. The van der Waals surface area contributed by atoms with Gasteiger partial charge < -0.3 is 20.5 Å². The summed E-state index contributed by atoms with van der Waals surface area (Å²) < 4.78 is 11.3. The molecule has 7 heteroatoms. The molecule has 0 saturated heterocycles. The molecule has 21 heavy (non-hydrogen) atoms. The van der Waals surface area contributed by atoms with Crippen molar-refractivity contribution in [2.24, 2.45) is 0 Å². The van der Waals surface area contributed by atoms with Crippen molar-refractivity contribution in [3.8, 4) is 11.5 Å². The summed E-state index contributed by atoms with van der Waals surface area (Å²) in [7, 11) is 1.52. The third kappa shape index (κ3) is 4.35. The predicted molar refractivity (Wildman–Crippen MR) is 83.5 cm³/mol. The Morgan fingerprint density at radius 2 is 2.19 bits per heavy atom. The second kappa shape index (κ2) is 6.94. The van der Waals surface area contributed by atoms with Gasteiger partial charge in [-0.1, -0.05) is 0 Å². The van der Waals surface area contributed by atoms with Gasteiger partial charge in [0.1, 0.15) is 11.5 Å². The highest BCUT2D eigenvalue weighted by atomic mass is 79.9. The average molecular weight is 352 g/mol. The lowest BCUT2D eigenvalue weighted by Crippen LogP contribution is -2.20. The summed E-state index contributed by atoms with van der Waals surface area (Å²) >= 11 is 3.28. The highest BCUT2D eigenvalue weighted by Gasteiger charge is 2.09. The van der Waals surface area contributed by atoms with Gasteiger partial charge in [0.05, 0.1) is 19.0 Å². The van der Waals surface area contributed by atoms with Crippen LogP contribution in [-0.4, -0.2) is 24.6 Å². The lowest BCUT2D eigenvalue weighted by Gasteiger charge is -2.11. The van der Waals surface area contributed by atoms with Crippen molar-refractivity contribution in [1.29, 1.82) is 0 Å². The number of rotatable bonds is 5. The number of aromatic nitrogens is 1. The molecule has 110 valence electrons. The maximum absolute atomic E-state index is 11.9. The molecule has 2 aromatic rings. The Hall–Kier alpha value is -2.28. The molecular formula is C14H14BrN3O3. The van der Waals surface area contributed by atoms with E-state index in [0.717, 1.165) is 4.47 Å². The van der Waals surface area contributed by atoms with Gasteiger partial charge >= 0.3 is 0 Å². The second-order valence-corrected chi connectivity index (χ2v) is 5.05. The molecule has 0 unspecified atom stereocenters. The standard InChI is InChI=1S/C14H14BrN3O3/c1-20-13-3-2-10(16)5-12(13)18-14(19)8-21-11-4-9(15)6-17-7-11/h2-7H,8,16H2,1H3,(H,18,19). The van der Waals surface area contributed by atoms with E-state index in [1.165, 1.54) is 13.3 Å². The number of halogens is 1. The smallest absolute Gasteiger partial charge is 0.262 e. The third-order valence-electron chi connectivity index (χ3n) is 2.55. The fourth-order valence-corrected chi connectivity index (χ4v) is 1.97. The SMILES string of the molecule is COc1ccc(N)cc1NC(=O)COc1cncc(Br)c1. The first-order valence-corrected chi connectivity index (χ1v) is 6.84. The number of ether oxygens (including phenoxy) is 2. The first-order chi connectivity index (χ1) is 10.1. The molecule has 6 nitrogen and oxygen atoms in total. The summed E-state index contributed by atoms with van der Waals surface area (Å²) in [6, 6.07) is 6.72. The van der Waals surface area contributed by atoms with Crippen molar-refractivity contribution in [3.63, 3.8) is 0 Å². The van der Waals surface area contributed by atoms with Gasteiger partial charge in [0.25, 0.3) is 5.91 Å². The number of carbonyl (C=O) groups excluding carboxylic acids is 1. The largest absolute Gasteiger partial charge is 0.495 e. The zero-order valence-electron chi connectivity index (χ0n) is 11.3. The molecule has 2 rings (SSSR count).